The highest BCUT2D eigenvalue weighted by Gasteiger charge is 2.31. The van der Waals surface area contributed by atoms with Gasteiger partial charge >= 0.3 is 5.97 Å². The summed E-state index contributed by atoms with van der Waals surface area (Å²) in [6, 6.07) is 15.1. The van der Waals surface area contributed by atoms with Gasteiger partial charge in [0.1, 0.15) is 0 Å². The molecule has 1 atom stereocenters. The third-order valence-electron chi connectivity index (χ3n) is 6.46. The van der Waals surface area contributed by atoms with Crippen LogP contribution >= 0.6 is 11.6 Å². The summed E-state index contributed by atoms with van der Waals surface area (Å²) in [6.45, 7) is 6.83. The molecule has 0 aromatic heterocycles. The topological polar surface area (TPSA) is 40.5 Å². The predicted molar refractivity (Wildman–Crippen MR) is 124 cm³/mol. The largest absolute Gasteiger partial charge is 0.481 e. The van der Waals surface area contributed by atoms with E-state index in [0.29, 0.717) is 5.92 Å². The molecular formula is C26H34ClNO2. The lowest BCUT2D eigenvalue weighted by atomic mass is 9.87. The van der Waals surface area contributed by atoms with Gasteiger partial charge in [0, 0.05) is 18.1 Å². The number of aryl methyl sites for hydroxylation is 2. The average Bonchev–Trinajstić information content (AvgIpc) is 2.67. The van der Waals surface area contributed by atoms with Crippen LogP contribution in [0.3, 0.4) is 0 Å². The van der Waals surface area contributed by atoms with Crippen LogP contribution in [0.1, 0.15) is 60.3 Å². The third-order valence-corrected chi connectivity index (χ3v) is 6.69. The maximum absolute atomic E-state index is 10.9. The molecule has 3 nitrogen and oxygen atoms in total. The molecule has 1 fully saturated rings. The number of unbranched alkanes of at least 4 members (excludes halogenated alkanes) is 3. The van der Waals surface area contributed by atoms with Crippen LogP contribution in [0.5, 0.6) is 0 Å². The summed E-state index contributed by atoms with van der Waals surface area (Å²) in [4.78, 5) is 13.1. The van der Waals surface area contributed by atoms with Crippen LogP contribution in [0, 0.1) is 19.8 Å². The molecule has 4 heteroatoms. The van der Waals surface area contributed by atoms with E-state index in [9.17, 15) is 4.79 Å². The molecule has 1 aliphatic heterocycles. The Morgan fingerprint density at radius 2 is 1.83 bits per heavy atom. The van der Waals surface area contributed by atoms with Crippen molar-refractivity contribution in [1.82, 2.24) is 4.90 Å². The molecule has 0 amide bonds. The minimum Gasteiger partial charge on any atom is -0.481 e. The van der Waals surface area contributed by atoms with Crippen molar-refractivity contribution in [3.05, 3.63) is 69.7 Å². The van der Waals surface area contributed by atoms with Gasteiger partial charge in [-0.1, -0.05) is 61.2 Å². The van der Waals surface area contributed by atoms with Gasteiger partial charge in [0.25, 0.3) is 0 Å². The molecule has 2 aromatic carbocycles. The van der Waals surface area contributed by atoms with Gasteiger partial charge in [0.15, 0.2) is 0 Å². The van der Waals surface area contributed by atoms with Gasteiger partial charge in [0.05, 0.1) is 5.92 Å². The van der Waals surface area contributed by atoms with Crippen LogP contribution in [0.4, 0.5) is 0 Å². The monoisotopic (exact) mass is 427 g/mol. The molecule has 0 bridgehead atoms. The molecule has 0 aliphatic carbocycles. The number of aliphatic carboxylic acids is 1. The summed E-state index contributed by atoms with van der Waals surface area (Å²) in [7, 11) is 0. The van der Waals surface area contributed by atoms with Crippen LogP contribution < -0.4 is 0 Å². The lowest BCUT2D eigenvalue weighted by molar-refractivity contribution is -0.147. The molecule has 1 heterocycles. The zero-order valence-corrected chi connectivity index (χ0v) is 19.0. The normalized spacial score (nSPS) is 15.7. The minimum atomic E-state index is -0.651. The van der Waals surface area contributed by atoms with E-state index >= 15 is 0 Å². The highest BCUT2D eigenvalue weighted by atomic mass is 35.5. The number of carbonyl (C=O) groups is 1. The van der Waals surface area contributed by atoms with Gasteiger partial charge in [-0.2, -0.15) is 0 Å². The first-order valence-electron chi connectivity index (χ1n) is 11.2. The molecular weight excluding hydrogens is 394 g/mol. The van der Waals surface area contributed by atoms with Gasteiger partial charge in [-0.15, -0.1) is 0 Å². The fourth-order valence-corrected chi connectivity index (χ4v) is 4.55. The number of carboxylic acid groups (broad SMARTS) is 1. The number of likely N-dealkylation sites (tertiary alicyclic amines) is 1. The van der Waals surface area contributed by atoms with Crippen LogP contribution in [-0.2, 0) is 11.2 Å². The van der Waals surface area contributed by atoms with Gasteiger partial charge in [-0.3, -0.25) is 4.79 Å². The summed E-state index contributed by atoms with van der Waals surface area (Å²) in [6.07, 6.45) is 7.01. The first kappa shape index (κ1) is 22.8. The Morgan fingerprint density at radius 3 is 2.53 bits per heavy atom. The van der Waals surface area contributed by atoms with E-state index in [1.54, 1.807) is 0 Å². The van der Waals surface area contributed by atoms with Crippen molar-refractivity contribution >= 4 is 17.6 Å². The summed E-state index contributed by atoms with van der Waals surface area (Å²) in [5.74, 6) is -0.312. The molecule has 0 spiro atoms. The zero-order chi connectivity index (χ0) is 21.5. The first-order chi connectivity index (χ1) is 14.4. The number of benzene rings is 2. The van der Waals surface area contributed by atoms with Crippen LogP contribution in [0.25, 0.3) is 0 Å². The second-order valence-corrected chi connectivity index (χ2v) is 9.31. The van der Waals surface area contributed by atoms with E-state index < -0.39 is 5.97 Å². The second-order valence-electron chi connectivity index (χ2n) is 8.87. The molecule has 0 unspecified atom stereocenters. The Morgan fingerprint density at radius 1 is 1.07 bits per heavy atom. The fraction of sp³-hybridized carbons (Fsp3) is 0.500. The SMILES string of the molecule is Cc1ccc(C[C@@H](CCCCCCN2CC(C(=O)O)C2)c2cccc(Cl)c2)cc1C. The van der Waals surface area contributed by atoms with Gasteiger partial charge in [-0.25, -0.2) is 0 Å². The van der Waals surface area contributed by atoms with Crippen molar-refractivity contribution in [2.75, 3.05) is 19.6 Å². The number of hydrogen-bond acceptors (Lipinski definition) is 2. The molecule has 0 radical (unpaired) electrons. The number of carboxylic acids is 1. The lowest BCUT2D eigenvalue weighted by Crippen LogP contribution is -2.50. The molecule has 1 aliphatic rings. The molecule has 0 saturated carbocycles. The predicted octanol–water partition coefficient (Wildman–Crippen LogP) is 6.25. The van der Waals surface area contributed by atoms with Crippen molar-refractivity contribution in [2.24, 2.45) is 5.92 Å². The number of rotatable bonds is 11. The maximum atomic E-state index is 10.9. The average molecular weight is 428 g/mol. The van der Waals surface area contributed by atoms with Crippen molar-refractivity contribution in [2.45, 2.75) is 58.3 Å². The van der Waals surface area contributed by atoms with E-state index in [1.807, 2.05) is 6.07 Å². The Hall–Kier alpha value is -1.84. The van der Waals surface area contributed by atoms with Crippen LogP contribution in [-0.4, -0.2) is 35.6 Å². The molecule has 1 saturated heterocycles. The maximum Gasteiger partial charge on any atom is 0.309 e. The van der Waals surface area contributed by atoms with Crippen molar-refractivity contribution in [3.8, 4) is 0 Å². The van der Waals surface area contributed by atoms with Crippen LogP contribution in [0.15, 0.2) is 42.5 Å². The van der Waals surface area contributed by atoms with Crippen molar-refractivity contribution in [1.29, 1.82) is 0 Å². The summed E-state index contributed by atoms with van der Waals surface area (Å²) in [5, 5.41) is 9.77. The summed E-state index contributed by atoms with van der Waals surface area (Å²) >= 11 is 6.28. The van der Waals surface area contributed by atoms with E-state index in [2.05, 4.69) is 55.1 Å². The number of nitrogens with zero attached hydrogens (tertiary/aromatic N) is 1. The zero-order valence-electron chi connectivity index (χ0n) is 18.2. The number of halogens is 1. The Kier molecular flexibility index (Phi) is 8.35. The minimum absolute atomic E-state index is 0.145. The smallest absolute Gasteiger partial charge is 0.309 e. The highest BCUT2D eigenvalue weighted by molar-refractivity contribution is 6.30. The van der Waals surface area contributed by atoms with E-state index in [1.165, 1.54) is 41.5 Å². The van der Waals surface area contributed by atoms with Gasteiger partial charge in [-0.05, 0) is 80.0 Å². The standard InChI is InChI=1S/C26H34ClNO2/c1-19-11-12-21(14-20(19)2)15-22(23-9-7-10-25(27)16-23)8-5-3-4-6-13-28-17-24(18-28)26(29)30/h7,9-12,14,16,22,24H,3-6,8,13,15,17-18H2,1-2H3,(H,29,30)/t22-/m1/s1. The lowest BCUT2D eigenvalue weighted by Gasteiger charge is -2.36. The quantitative estimate of drug-likeness (QED) is 0.431. The molecule has 2 aromatic rings. The Labute approximate surface area is 186 Å². The van der Waals surface area contributed by atoms with Gasteiger partial charge in [0.2, 0.25) is 0 Å². The molecule has 3 rings (SSSR count). The molecule has 162 valence electrons. The highest BCUT2D eigenvalue weighted by Crippen LogP contribution is 2.29. The van der Waals surface area contributed by atoms with Gasteiger partial charge < -0.3 is 10.0 Å². The molecule has 30 heavy (non-hydrogen) atoms. The Bertz CT molecular complexity index is 845. The third kappa shape index (κ3) is 6.58. The number of hydrogen-bond donors (Lipinski definition) is 1. The summed E-state index contributed by atoms with van der Waals surface area (Å²) < 4.78 is 0. The van der Waals surface area contributed by atoms with E-state index in [-0.39, 0.29) is 5.92 Å². The molecule has 1 N–H and O–H groups in total. The second kappa shape index (κ2) is 11.0. The van der Waals surface area contributed by atoms with Crippen molar-refractivity contribution in [3.63, 3.8) is 0 Å². The first-order valence-corrected chi connectivity index (χ1v) is 11.6. The van der Waals surface area contributed by atoms with E-state index in [4.69, 9.17) is 16.7 Å². The fourth-order valence-electron chi connectivity index (χ4n) is 4.35. The van der Waals surface area contributed by atoms with Crippen molar-refractivity contribution < 1.29 is 9.90 Å². The van der Waals surface area contributed by atoms with E-state index in [0.717, 1.165) is 43.9 Å². The van der Waals surface area contributed by atoms with Crippen LogP contribution in [0.2, 0.25) is 5.02 Å². The summed E-state index contributed by atoms with van der Waals surface area (Å²) in [5.41, 5.74) is 5.43. The Balaban J connectivity index is 1.47.